The van der Waals surface area contributed by atoms with Gasteiger partial charge in [0.05, 0.1) is 11.3 Å². The Morgan fingerprint density at radius 1 is 1.12 bits per heavy atom. The maximum absolute atomic E-state index is 12.0. The molecule has 0 atom stereocenters. The maximum atomic E-state index is 12.0. The second kappa shape index (κ2) is 5.92. The molecule has 120 valence electrons. The number of hydrogen-bond donors (Lipinski definition) is 1. The SMILES string of the molecule is Cc1ccc(-c2noc(-c3ccccc3NC(=O)C3CC3)n2)cc1. The molecule has 1 saturated carbocycles. The third kappa shape index (κ3) is 2.93. The van der Waals surface area contributed by atoms with Crippen molar-refractivity contribution < 1.29 is 9.32 Å². The van der Waals surface area contributed by atoms with Gasteiger partial charge in [0.1, 0.15) is 0 Å². The summed E-state index contributed by atoms with van der Waals surface area (Å²) in [4.78, 5) is 16.5. The first-order chi connectivity index (χ1) is 11.7. The zero-order chi connectivity index (χ0) is 16.5. The molecule has 4 rings (SSSR count). The predicted molar refractivity (Wildman–Crippen MR) is 91.3 cm³/mol. The highest BCUT2D eigenvalue weighted by molar-refractivity contribution is 5.97. The standard InChI is InChI=1S/C19H17N3O2/c1-12-6-8-13(9-7-12)17-21-19(24-22-17)15-4-2-3-5-16(15)20-18(23)14-10-11-14/h2-9,14H,10-11H2,1H3,(H,20,23). The van der Waals surface area contributed by atoms with Gasteiger partial charge in [0, 0.05) is 11.5 Å². The van der Waals surface area contributed by atoms with Crippen LogP contribution in [0.3, 0.4) is 0 Å². The molecule has 0 saturated heterocycles. The molecular formula is C19H17N3O2. The van der Waals surface area contributed by atoms with E-state index in [9.17, 15) is 4.79 Å². The number of benzene rings is 2. The summed E-state index contributed by atoms with van der Waals surface area (Å²) in [6, 6.07) is 15.4. The van der Waals surface area contributed by atoms with Crippen molar-refractivity contribution in [2.75, 3.05) is 5.32 Å². The van der Waals surface area contributed by atoms with Crippen LogP contribution in [0.2, 0.25) is 0 Å². The number of carbonyl (C=O) groups is 1. The van der Waals surface area contributed by atoms with Gasteiger partial charge < -0.3 is 9.84 Å². The lowest BCUT2D eigenvalue weighted by Crippen LogP contribution is -2.13. The molecule has 1 heterocycles. The zero-order valence-electron chi connectivity index (χ0n) is 13.3. The number of aromatic nitrogens is 2. The number of carbonyl (C=O) groups excluding carboxylic acids is 1. The van der Waals surface area contributed by atoms with E-state index in [1.807, 2.05) is 55.5 Å². The molecule has 2 aromatic carbocycles. The third-order valence-corrected chi connectivity index (χ3v) is 4.10. The van der Waals surface area contributed by atoms with Crippen LogP contribution in [0.25, 0.3) is 22.8 Å². The molecule has 1 amide bonds. The Labute approximate surface area is 139 Å². The number of anilines is 1. The number of rotatable bonds is 4. The fourth-order valence-corrected chi connectivity index (χ4v) is 2.51. The van der Waals surface area contributed by atoms with Gasteiger partial charge in [-0.3, -0.25) is 4.79 Å². The Morgan fingerprint density at radius 3 is 2.62 bits per heavy atom. The van der Waals surface area contributed by atoms with E-state index in [1.165, 1.54) is 5.56 Å². The molecule has 0 unspecified atom stereocenters. The smallest absolute Gasteiger partial charge is 0.260 e. The summed E-state index contributed by atoms with van der Waals surface area (Å²) in [5, 5.41) is 7.02. The van der Waals surface area contributed by atoms with Gasteiger partial charge in [0.2, 0.25) is 11.7 Å². The number of nitrogens with zero attached hydrogens (tertiary/aromatic N) is 2. The van der Waals surface area contributed by atoms with E-state index >= 15 is 0 Å². The molecule has 0 spiro atoms. The summed E-state index contributed by atoms with van der Waals surface area (Å²) < 4.78 is 5.42. The monoisotopic (exact) mass is 319 g/mol. The van der Waals surface area contributed by atoms with Crippen molar-refractivity contribution in [1.82, 2.24) is 10.1 Å². The molecule has 3 aromatic rings. The lowest BCUT2D eigenvalue weighted by Gasteiger charge is -2.07. The van der Waals surface area contributed by atoms with E-state index in [2.05, 4.69) is 15.5 Å². The maximum Gasteiger partial charge on any atom is 0.260 e. The molecule has 0 aliphatic heterocycles. The quantitative estimate of drug-likeness (QED) is 0.787. The van der Waals surface area contributed by atoms with E-state index in [4.69, 9.17) is 4.52 Å². The fraction of sp³-hybridized carbons (Fsp3) is 0.211. The van der Waals surface area contributed by atoms with Gasteiger partial charge in [-0.25, -0.2) is 0 Å². The number of nitrogens with one attached hydrogen (secondary N) is 1. The van der Waals surface area contributed by atoms with Gasteiger partial charge in [-0.15, -0.1) is 0 Å². The summed E-state index contributed by atoms with van der Waals surface area (Å²) in [6.07, 6.45) is 1.93. The summed E-state index contributed by atoms with van der Waals surface area (Å²) in [6.45, 7) is 2.03. The number of hydrogen-bond acceptors (Lipinski definition) is 4. The Balaban J connectivity index is 1.64. The lowest BCUT2D eigenvalue weighted by atomic mass is 10.1. The lowest BCUT2D eigenvalue weighted by molar-refractivity contribution is -0.117. The molecule has 0 radical (unpaired) electrons. The summed E-state index contributed by atoms with van der Waals surface area (Å²) in [5.74, 6) is 1.13. The fourth-order valence-electron chi connectivity index (χ4n) is 2.51. The van der Waals surface area contributed by atoms with E-state index < -0.39 is 0 Å². The van der Waals surface area contributed by atoms with Gasteiger partial charge >= 0.3 is 0 Å². The summed E-state index contributed by atoms with van der Waals surface area (Å²) >= 11 is 0. The topological polar surface area (TPSA) is 68.0 Å². The Hall–Kier alpha value is -2.95. The number of aryl methyl sites for hydroxylation is 1. The predicted octanol–water partition coefficient (Wildman–Crippen LogP) is 4.06. The van der Waals surface area contributed by atoms with Gasteiger partial charge in [0.25, 0.3) is 5.89 Å². The molecule has 1 fully saturated rings. The van der Waals surface area contributed by atoms with Crippen molar-refractivity contribution >= 4 is 11.6 Å². The minimum atomic E-state index is 0.0562. The molecule has 0 bridgehead atoms. The van der Waals surface area contributed by atoms with E-state index in [0.717, 1.165) is 24.0 Å². The highest BCUT2D eigenvalue weighted by Gasteiger charge is 2.30. The normalized spacial score (nSPS) is 13.7. The highest BCUT2D eigenvalue weighted by Crippen LogP contribution is 2.33. The van der Waals surface area contributed by atoms with Crippen LogP contribution in [0.5, 0.6) is 0 Å². The first kappa shape index (κ1) is 14.6. The molecule has 1 aliphatic carbocycles. The minimum Gasteiger partial charge on any atom is -0.334 e. The summed E-state index contributed by atoms with van der Waals surface area (Å²) in [7, 11) is 0. The van der Waals surface area contributed by atoms with Gasteiger partial charge in [0.15, 0.2) is 0 Å². The Kier molecular flexibility index (Phi) is 3.61. The van der Waals surface area contributed by atoms with Crippen molar-refractivity contribution in [1.29, 1.82) is 0 Å². The highest BCUT2D eigenvalue weighted by atomic mass is 16.5. The Morgan fingerprint density at radius 2 is 1.88 bits per heavy atom. The second-order valence-corrected chi connectivity index (χ2v) is 6.10. The van der Waals surface area contributed by atoms with Crippen molar-refractivity contribution in [3.8, 4) is 22.8 Å². The van der Waals surface area contributed by atoms with Gasteiger partial charge in [-0.1, -0.05) is 47.1 Å². The first-order valence-corrected chi connectivity index (χ1v) is 8.02. The van der Waals surface area contributed by atoms with Crippen molar-refractivity contribution in [2.24, 2.45) is 5.92 Å². The summed E-state index contributed by atoms with van der Waals surface area (Å²) in [5.41, 5.74) is 3.51. The van der Waals surface area contributed by atoms with E-state index in [-0.39, 0.29) is 11.8 Å². The van der Waals surface area contributed by atoms with Gasteiger partial charge in [-0.05, 0) is 31.9 Å². The molecule has 1 aromatic heterocycles. The van der Waals surface area contributed by atoms with Crippen molar-refractivity contribution in [2.45, 2.75) is 19.8 Å². The van der Waals surface area contributed by atoms with Crippen LogP contribution < -0.4 is 5.32 Å². The third-order valence-electron chi connectivity index (χ3n) is 4.10. The van der Waals surface area contributed by atoms with Crippen LogP contribution in [0.1, 0.15) is 18.4 Å². The van der Waals surface area contributed by atoms with Crippen LogP contribution in [0.15, 0.2) is 53.1 Å². The molecule has 5 heteroatoms. The zero-order valence-corrected chi connectivity index (χ0v) is 13.3. The minimum absolute atomic E-state index is 0.0562. The average molecular weight is 319 g/mol. The molecule has 24 heavy (non-hydrogen) atoms. The van der Waals surface area contributed by atoms with Crippen LogP contribution in [0, 0.1) is 12.8 Å². The van der Waals surface area contributed by atoms with Crippen molar-refractivity contribution in [3.63, 3.8) is 0 Å². The second-order valence-electron chi connectivity index (χ2n) is 6.10. The Bertz CT molecular complexity index is 880. The van der Waals surface area contributed by atoms with Crippen LogP contribution in [0.4, 0.5) is 5.69 Å². The van der Waals surface area contributed by atoms with E-state index in [1.54, 1.807) is 0 Å². The largest absolute Gasteiger partial charge is 0.334 e. The number of amides is 1. The average Bonchev–Trinajstić information content (AvgIpc) is 3.34. The van der Waals surface area contributed by atoms with E-state index in [0.29, 0.717) is 17.4 Å². The first-order valence-electron chi connectivity index (χ1n) is 8.02. The van der Waals surface area contributed by atoms with Crippen molar-refractivity contribution in [3.05, 3.63) is 54.1 Å². The van der Waals surface area contributed by atoms with Crippen LogP contribution in [-0.2, 0) is 4.79 Å². The molecule has 5 nitrogen and oxygen atoms in total. The molecular weight excluding hydrogens is 302 g/mol. The van der Waals surface area contributed by atoms with Crippen LogP contribution >= 0.6 is 0 Å². The molecule has 1 N–H and O–H groups in total. The van der Waals surface area contributed by atoms with Gasteiger partial charge in [-0.2, -0.15) is 4.98 Å². The number of para-hydroxylation sites is 1. The van der Waals surface area contributed by atoms with Crippen LogP contribution in [-0.4, -0.2) is 16.0 Å². The molecule has 1 aliphatic rings.